The lowest BCUT2D eigenvalue weighted by molar-refractivity contribution is -0.137. The average Bonchev–Trinajstić information content (AvgIpc) is 2.18. The van der Waals surface area contributed by atoms with E-state index in [4.69, 9.17) is 0 Å². The van der Waals surface area contributed by atoms with Crippen molar-refractivity contribution >= 4 is 17.7 Å². The minimum absolute atomic E-state index is 0.151. The zero-order valence-corrected chi connectivity index (χ0v) is 10.4. The van der Waals surface area contributed by atoms with Crippen LogP contribution in [0.1, 0.15) is 33.6 Å². The molecular formula is C11H19N3O3. The van der Waals surface area contributed by atoms with Gasteiger partial charge in [0.1, 0.15) is 6.04 Å². The molecule has 0 aromatic carbocycles. The minimum atomic E-state index is -0.595. The lowest BCUT2D eigenvalue weighted by Gasteiger charge is -2.24. The Labute approximate surface area is 101 Å². The summed E-state index contributed by atoms with van der Waals surface area (Å²) < 4.78 is 0. The summed E-state index contributed by atoms with van der Waals surface area (Å²) in [5.74, 6) is -0.951. The molecule has 0 radical (unpaired) electrons. The van der Waals surface area contributed by atoms with Gasteiger partial charge in [0.05, 0.1) is 6.54 Å². The van der Waals surface area contributed by atoms with E-state index in [9.17, 15) is 14.4 Å². The molecule has 1 aliphatic rings. The van der Waals surface area contributed by atoms with Crippen LogP contribution >= 0.6 is 0 Å². The molecule has 96 valence electrons. The van der Waals surface area contributed by atoms with E-state index in [0.717, 1.165) is 0 Å². The first-order valence-electron chi connectivity index (χ1n) is 5.66. The Kier molecular flexibility index (Phi) is 4.22. The summed E-state index contributed by atoms with van der Waals surface area (Å²) in [6.07, 6.45) is 0.634. The Balaban J connectivity index is 2.36. The highest BCUT2D eigenvalue weighted by molar-refractivity contribution is 6.01. The Morgan fingerprint density at radius 3 is 2.59 bits per heavy atom. The van der Waals surface area contributed by atoms with Crippen LogP contribution in [0.15, 0.2) is 0 Å². The van der Waals surface area contributed by atoms with Gasteiger partial charge in [-0.05, 0) is 27.2 Å². The van der Waals surface area contributed by atoms with Crippen molar-refractivity contribution in [2.24, 2.45) is 0 Å². The fourth-order valence-corrected chi connectivity index (χ4v) is 1.42. The van der Waals surface area contributed by atoms with Crippen LogP contribution in [0.5, 0.6) is 0 Å². The molecule has 0 aromatic heterocycles. The van der Waals surface area contributed by atoms with E-state index in [-0.39, 0.29) is 30.3 Å². The van der Waals surface area contributed by atoms with Crippen molar-refractivity contribution in [3.05, 3.63) is 0 Å². The third-order valence-corrected chi connectivity index (χ3v) is 2.35. The Bertz CT molecular complexity index is 333. The second kappa shape index (κ2) is 5.27. The summed E-state index contributed by atoms with van der Waals surface area (Å²) >= 11 is 0. The number of piperidine rings is 1. The maximum Gasteiger partial charge on any atom is 0.249 e. The molecule has 0 bridgehead atoms. The van der Waals surface area contributed by atoms with E-state index in [1.165, 1.54) is 0 Å². The zero-order chi connectivity index (χ0) is 13.1. The van der Waals surface area contributed by atoms with Crippen molar-refractivity contribution in [1.82, 2.24) is 16.0 Å². The van der Waals surface area contributed by atoms with Crippen LogP contribution in [-0.2, 0) is 14.4 Å². The van der Waals surface area contributed by atoms with Crippen LogP contribution < -0.4 is 16.0 Å². The predicted molar refractivity (Wildman–Crippen MR) is 62.1 cm³/mol. The van der Waals surface area contributed by atoms with Gasteiger partial charge in [0.25, 0.3) is 0 Å². The van der Waals surface area contributed by atoms with E-state index in [1.54, 1.807) is 0 Å². The van der Waals surface area contributed by atoms with Crippen molar-refractivity contribution in [3.63, 3.8) is 0 Å². The topological polar surface area (TPSA) is 87.3 Å². The number of carbonyl (C=O) groups excluding carboxylic acids is 3. The van der Waals surface area contributed by atoms with E-state index < -0.39 is 11.9 Å². The van der Waals surface area contributed by atoms with Gasteiger partial charge < -0.3 is 10.6 Å². The lowest BCUT2D eigenvalue weighted by atomic mass is 10.1. The minimum Gasteiger partial charge on any atom is -0.343 e. The second-order valence-corrected chi connectivity index (χ2v) is 5.17. The monoisotopic (exact) mass is 241 g/mol. The largest absolute Gasteiger partial charge is 0.343 e. The van der Waals surface area contributed by atoms with Crippen molar-refractivity contribution in [2.45, 2.75) is 45.2 Å². The molecule has 1 atom stereocenters. The summed E-state index contributed by atoms with van der Waals surface area (Å²) in [6.45, 7) is 6.01. The third kappa shape index (κ3) is 4.95. The molecule has 0 aliphatic carbocycles. The van der Waals surface area contributed by atoms with E-state index in [0.29, 0.717) is 6.42 Å². The molecule has 1 fully saturated rings. The van der Waals surface area contributed by atoms with Gasteiger partial charge in [0.15, 0.2) is 0 Å². The molecule has 0 aromatic rings. The van der Waals surface area contributed by atoms with Crippen LogP contribution in [0.25, 0.3) is 0 Å². The average molecular weight is 241 g/mol. The van der Waals surface area contributed by atoms with Crippen LogP contribution in [0.4, 0.5) is 0 Å². The van der Waals surface area contributed by atoms with Crippen LogP contribution in [0, 0.1) is 0 Å². The van der Waals surface area contributed by atoms with Crippen molar-refractivity contribution in [2.75, 3.05) is 6.54 Å². The van der Waals surface area contributed by atoms with Crippen molar-refractivity contribution in [3.8, 4) is 0 Å². The molecule has 1 saturated heterocycles. The van der Waals surface area contributed by atoms with Gasteiger partial charge in [-0.15, -0.1) is 0 Å². The number of hydrogen-bond donors (Lipinski definition) is 3. The van der Waals surface area contributed by atoms with E-state index >= 15 is 0 Å². The Morgan fingerprint density at radius 2 is 2.06 bits per heavy atom. The van der Waals surface area contributed by atoms with Gasteiger partial charge >= 0.3 is 0 Å². The van der Waals surface area contributed by atoms with Gasteiger partial charge in [-0.25, -0.2) is 0 Å². The van der Waals surface area contributed by atoms with Crippen molar-refractivity contribution in [1.29, 1.82) is 0 Å². The first-order chi connectivity index (χ1) is 7.78. The molecule has 0 spiro atoms. The van der Waals surface area contributed by atoms with Crippen LogP contribution in [0.2, 0.25) is 0 Å². The van der Waals surface area contributed by atoms with Gasteiger partial charge in [-0.3, -0.25) is 19.7 Å². The fourth-order valence-electron chi connectivity index (χ4n) is 1.42. The van der Waals surface area contributed by atoms with Crippen LogP contribution in [0.3, 0.4) is 0 Å². The zero-order valence-electron chi connectivity index (χ0n) is 10.4. The number of nitrogens with one attached hydrogen (secondary N) is 3. The summed E-state index contributed by atoms with van der Waals surface area (Å²) in [6, 6.07) is -0.595. The van der Waals surface area contributed by atoms with Crippen molar-refractivity contribution < 1.29 is 14.4 Å². The summed E-state index contributed by atoms with van der Waals surface area (Å²) in [7, 11) is 0. The molecule has 6 heteroatoms. The highest BCUT2D eigenvalue weighted by Gasteiger charge is 2.27. The van der Waals surface area contributed by atoms with E-state index in [2.05, 4.69) is 16.0 Å². The summed E-state index contributed by atoms with van der Waals surface area (Å²) in [5, 5.41) is 7.81. The Hall–Kier alpha value is -1.43. The van der Waals surface area contributed by atoms with E-state index in [1.807, 2.05) is 20.8 Å². The molecule has 17 heavy (non-hydrogen) atoms. The normalized spacial score (nSPS) is 21.0. The highest BCUT2D eigenvalue weighted by Crippen LogP contribution is 2.04. The van der Waals surface area contributed by atoms with Gasteiger partial charge in [-0.2, -0.15) is 0 Å². The number of carbonyl (C=O) groups is 3. The van der Waals surface area contributed by atoms with Gasteiger partial charge in [0, 0.05) is 12.0 Å². The fraction of sp³-hybridized carbons (Fsp3) is 0.727. The van der Waals surface area contributed by atoms with Crippen LogP contribution in [-0.4, -0.2) is 35.8 Å². The first kappa shape index (κ1) is 13.6. The summed E-state index contributed by atoms with van der Waals surface area (Å²) in [4.78, 5) is 33.8. The highest BCUT2D eigenvalue weighted by atomic mass is 16.2. The standard InChI is InChI=1S/C11H19N3O3/c1-11(2,3)12-6-9(16)13-7-4-5-8(15)14-10(7)17/h7,12H,4-6H2,1-3H3,(H,13,16)(H,14,15,17). The van der Waals surface area contributed by atoms with Gasteiger partial charge in [-0.1, -0.05) is 0 Å². The number of rotatable bonds is 3. The number of imide groups is 1. The molecule has 1 unspecified atom stereocenters. The molecule has 6 nitrogen and oxygen atoms in total. The summed E-state index contributed by atoms with van der Waals surface area (Å²) in [5.41, 5.74) is -0.151. The maximum absolute atomic E-state index is 11.5. The smallest absolute Gasteiger partial charge is 0.249 e. The molecule has 1 rings (SSSR count). The number of amides is 3. The molecule has 1 heterocycles. The van der Waals surface area contributed by atoms with Gasteiger partial charge in [0.2, 0.25) is 17.7 Å². The second-order valence-electron chi connectivity index (χ2n) is 5.17. The third-order valence-electron chi connectivity index (χ3n) is 2.35. The molecule has 1 aliphatic heterocycles. The molecular weight excluding hydrogens is 222 g/mol. The lowest BCUT2D eigenvalue weighted by Crippen LogP contribution is -2.54. The Morgan fingerprint density at radius 1 is 1.41 bits per heavy atom. The molecule has 0 saturated carbocycles. The molecule has 3 amide bonds. The molecule has 3 N–H and O–H groups in total. The quantitative estimate of drug-likeness (QED) is 0.570. The maximum atomic E-state index is 11.5. The predicted octanol–water partition coefficient (Wildman–Crippen LogP) is -0.704. The SMILES string of the molecule is CC(C)(C)NCC(=O)NC1CCC(=O)NC1=O. The number of hydrogen-bond acceptors (Lipinski definition) is 4. The first-order valence-corrected chi connectivity index (χ1v) is 5.66.